The van der Waals surface area contributed by atoms with E-state index >= 15 is 0 Å². The van der Waals surface area contributed by atoms with E-state index in [1.165, 1.54) is 6.92 Å². The average molecular weight is 726 g/mol. The minimum Gasteiger partial charge on any atom is -0.611 e. The van der Waals surface area contributed by atoms with E-state index in [1.807, 2.05) is 52.0 Å². The number of aliphatic hydroxyl groups is 1. The maximum absolute atomic E-state index is 11.4. The molecule has 0 aliphatic heterocycles. The van der Waals surface area contributed by atoms with Crippen molar-refractivity contribution in [2.45, 2.75) is 67.7 Å². The molecule has 0 saturated carbocycles. The first-order chi connectivity index (χ1) is 17.7. The zero-order chi connectivity index (χ0) is 29.4. The number of carboxylic acid groups (broad SMARTS) is 2. The van der Waals surface area contributed by atoms with Crippen LogP contribution in [0.1, 0.15) is 60.6 Å². The van der Waals surface area contributed by atoms with Gasteiger partial charge < -0.3 is 34.7 Å². The molecule has 2 rings (SSSR count). The number of ether oxygens (including phenoxy) is 2. The molecular weight excluding hydrogens is 686 g/mol. The van der Waals surface area contributed by atoms with Crippen LogP contribution < -0.4 is 4.74 Å². The van der Waals surface area contributed by atoms with Gasteiger partial charge in [-0.3, -0.25) is 14.4 Å². The molecule has 0 atom stereocenters. The summed E-state index contributed by atoms with van der Waals surface area (Å²) < 4.78 is 9.98. The maximum atomic E-state index is 11.4. The maximum Gasteiger partial charge on any atom is 0.303 e. The van der Waals surface area contributed by atoms with Crippen molar-refractivity contribution >= 4 is 23.7 Å². The van der Waals surface area contributed by atoms with Crippen molar-refractivity contribution in [3.63, 3.8) is 0 Å². The summed E-state index contributed by atoms with van der Waals surface area (Å²) in [6, 6.07) is 7.64. The zero-order valence-corrected chi connectivity index (χ0v) is 29.4. The van der Waals surface area contributed by atoms with Gasteiger partial charge in [-0.1, -0.05) is 31.7 Å². The van der Waals surface area contributed by atoms with Crippen LogP contribution in [-0.2, 0) is 102 Å². The molecule has 10 nitrogen and oxygen atoms in total. The van der Waals surface area contributed by atoms with E-state index in [9.17, 15) is 19.5 Å². The van der Waals surface area contributed by atoms with E-state index < -0.39 is 17.9 Å². The van der Waals surface area contributed by atoms with Crippen LogP contribution in [0.25, 0.3) is 0 Å². The Morgan fingerprint density at radius 2 is 1.20 bits per heavy atom. The molecule has 0 aliphatic rings. The van der Waals surface area contributed by atoms with Gasteiger partial charge in [-0.2, -0.15) is 13.2 Å². The molecule has 0 aromatic heterocycles. The second-order valence-electron chi connectivity index (χ2n) is 8.42. The first kappa shape index (κ1) is 46.0. The number of carbonyl (C=O) groups is 4. The Kier molecular flexibility index (Phi) is 27.6. The summed E-state index contributed by atoms with van der Waals surface area (Å²) in [4.78, 5) is 41.4. The Hall–Kier alpha value is -1.97. The molecule has 2 radical (unpaired) electrons. The van der Waals surface area contributed by atoms with Crippen molar-refractivity contribution in [1.82, 2.24) is 0 Å². The van der Waals surface area contributed by atoms with E-state index in [0.717, 1.165) is 45.7 Å². The third-order valence-electron chi connectivity index (χ3n) is 4.99. The number of aliphatic carboxylic acids is 2. The van der Waals surface area contributed by atoms with Crippen LogP contribution in [0.2, 0.25) is 0 Å². The third-order valence-corrected chi connectivity index (χ3v) is 4.99. The van der Waals surface area contributed by atoms with Crippen LogP contribution in [0.5, 0.6) is 11.5 Å². The second-order valence-corrected chi connectivity index (χ2v) is 8.42. The Balaban J connectivity index is -0.000000276. The molecular formula is C29H40O10Y2-2. The average Bonchev–Trinajstić information content (AvgIpc) is 2.84. The molecule has 0 saturated heterocycles. The number of carboxylic acids is 2. The van der Waals surface area contributed by atoms with Gasteiger partial charge in [0, 0.05) is 84.0 Å². The molecule has 0 amide bonds. The number of aryl methyl sites for hydroxylation is 6. The molecule has 0 fully saturated rings. The molecule has 41 heavy (non-hydrogen) atoms. The molecule has 0 spiro atoms. The van der Waals surface area contributed by atoms with Crippen LogP contribution in [0, 0.1) is 40.9 Å². The van der Waals surface area contributed by atoms with Crippen LogP contribution in [-0.4, -0.2) is 51.2 Å². The summed E-state index contributed by atoms with van der Waals surface area (Å²) in [7, 11) is 1.64. The number of esters is 1. The Morgan fingerprint density at radius 1 is 0.805 bits per heavy atom. The quantitative estimate of drug-likeness (QED) is 0.197. The predicted octanol–water partition coefficient (Wildman–Crippen LogP) is 4.80. The van der Waals surface area contributed by atoms with Crippen LogP contribution >= 0.6 is 0 Å². The number of carbonyl (C=O) groups excluding carboxylic acids is 2. The van der Waals surface area contributed by atoms with Gasteiger partial charge >= 0.3 is 5.97 Å². The molecule has 12 heteroatoms. The van der Waals surface area contributed by atoms with Crippen molar-refractivity contribution in [3.05, 3.63) is 70.9 Å². The van der Waals surface area contributed by atoms with Crippen LogP contribution in [0.4, 0.5) is 0 Å². The van der Waals surface area contributed by atoms with Gasteiger partial charge in [-0.25, -0.2) is 0 Å². The van der Waals surface area contributed by atoms with Crippen molar-refractivity contribution in [2.75, 3.05) is 7.11 Å². The summed E-state index contributed by atoms with van der Waals surface area (Å²) in [5.74, 6) is -1.62. The summed E-state index contributed by atoms with van der Waals surface area (Å²) in [6.45, 7) is 9.92. The molecule has 2 aromatic rings. The number of phenols is 1. The summed E-state index contributed by atoms with van der Waals surface area (Å²) in [6.07, 6.45) is 1.46. The number of benzene rings is 2. The van der Waals surface area contributed by atoms with E-state index in [0.29, 0.717) is 18.6 Å². The van der Waals surface area contributed by atoms with Crippen molar-refractivity contribution in [1.29, 1.82) is 0 Å². The number of aliphatic hydroxyl groups excluding tert-OH is 1. The largest absolute Gasteiger partial charge is 0.611 e. The van der Waals surface area contributed by atoms with Crippen molar-refractivity contribution in [3.8, 4) is 11.5 Å². The van der Waals surface area contributed by atoms with E-state index in [2.05, 4.69) is 0 Å². The fourth-order valence-corrected chi connectivity index (χ4v) is 3.40. The summed E-state index contributed by atoms with van der Waals surface area (Å²) in [5, 5.41) is 32.8. The number of hydrogen-bond acceptors (Lipinski definition) is 8. The molecule has 0 unspecified atom stereocenters. The first-order valence-corrected chi connectivity index (χ1v) is 11.6. The Bertz CT molecular complexity index is 1070. The summed E-state index contributed by atoms with van der Waals surface area (Å²) >= 11 is 0. The SMILES string of the molecule is C.COc1c(C)cc(CCC(=O)O[CH-]C(C)=O)cc1C.Cc1cc(CCC(=O)O)cc(C)c1O.O=C(O)[CH-]O.[Y].[Y]. The Morgan fingerprint density at radius 3 is 1.54 bits per heavy atom. The molecule has 0 heterocycles. The zero-order valence-electron chi connectivity index (χ0n) is 23.7. The van der Waals surface area contributed by atoms with Crippen molar-refractivity contribution < 1.29 is 114 Å². The number of methoxy groups -OCH3 is 1. The minimum absolute atomic E-state index is 0. The smallest absolute Gasteiger partial charge is 0.303 e. The third kappa shape index (κ3) is 20.5. The number of rotatable bonds is 10. The fourth-order valence-electron chi connectivity index (χ4n) is 3.40. The van der Waals surface area contributed by atoms with Gasteiger partial charge in [-0.15, -0.1) is 0 Å². The van der Waals surface area contributed by atoms with Crippen LogP contribution in [0.15, 0.2) is 24.3 Å². The van der Waals surface area contributed by atoms with Gasteiger partial charge in [0.25, 0.3) is 5.97 Å². The van der Waals surface area contributed by atoms with Gasteiger partial charge in [0.15, 0.2) is 5.97 Å². The fraction of sp³-hybridized carbons (Fsp3) is 0.379. The normalized spacial score (nSPS) is 8.85. The minimum atomic E-state index is -1.31. The van der Waals surface area contributed by atoms with Gasteiger partial charge in [0.1, 0.15) is 11.5 Å². The summed E-state index contributed by atoms with van der Waals surface area (Å²) in [5.41, 5.74) is 5.69. The van der Waals surface area contributed by atoms with Gasteiger partial charge in [-0.05, 0) is 80.8 Å². The molecule has 2 aromatic carbocycles. The number of aromatic hydroxyl groups is 1. The predicted molar refractivity (Wildman–Crippen MR) is 146 cm³/mol. The molecule has 0 bridgehead atoms. The van der Waals surface area contributed by atoms with Crippen molar-refractivity contribution in [2.24, 2.45) is 0 Å². The van der Waals surface area contributed by atoms with Crippen LogP contribution in [0.3, 0.4) is 0 Å². The standard InChI is InChI=1S/C15H19O4.C11H14O3.C2H3O3.CH4.2Y/c1-10-7-13(8-11(2)15(10)18-4)5-6-14(17)19-9-12(3)16;1-7-5-9(3-4-10(12)13)6-8(2)11(7)14;3-1-2(4)5;;;/h7-9H,5-6H2,1-4H3;5-6,14H,3-4H2,1-2H3,(H,12,13);1,3H,(H,4,5);1H4;;/q-1;;-1;;;. The number of ketones is 1. The number of Topliss-reactive ketones (excluding diaryl/α,β-unsaturated/α-hetero) is 1. The molecule has 0 aliphatic carbocycles. The number of hydrogen-bond donors (Lipinski definition) is 4. The molecule has 4 N–H and O–H groups in total. The monoisotopic (exact) mass is 726 g/mol. The van der Waals surface area contributed by atoms with Gasteiger partial charge in [0.05, 0.1) is 7.11 Å². The topological polar surface area (TPSA) is 168 Å². The molecule has 224 valence electrons. The first-order valence-electron chi connectivity index (χ1n) is 11.6. The van der Waals surface area contributed by atoms with E-state index in [-0.39, 0.29) is 98.1 Å². The second kappa shape index (κ2) is 24.6. The van der Waals surface area contributed by atoms with E-state index in [4.69, 9.17) is 29.6 Å². The van der Waals surface area contributed by atoms with Gasteiger partial charge in [0.2, 0.25) is 0 Å². The number of phenolic OH excluding ortho intramolecular Hbond substituents is 1. The van der Waals surface area contributed by atoms with E-state index in [1.54, 1.807) is 7.11 Å². The Labute approximate surface area is 293 Å².